The number of amides is 1. The predicted octanol–water partition coefficient (Wildman–Crippen LogP) is 1.51. The number of carbonyl (C=O) groups excluding carboxylic acids is 1. The lowest BCUT2D eigenvalue weighted by atomic mass is 9.97. The predicted molar refractivity (Wildman–Crippen MR) is 67.6 cm³/mol. The van der Waals surface area contributed by atoms with E-state index in [1.807, 2.05) is 0 Å². The fourth-order valence-corrected chi connectivity index (χ4v) is 1.60. The number of alkyl carbamates (subject to hydrolysis) is 1. The lowest BCUT2D eigenvalue weighted by Gasteiger charge is -2.10. The summed E-state index contributed by atoms with van der Waals surface area (Å²) in [7, 11) is 0. The van der Waals surface area contributed by atoms with Gasteiger partial charge in [-0.3, -0.25) is 0 Å². The lowest BCUT2D eigenvalue weighted by molar-refractivity contribution is 0.148. The van der Waals surface area contributed by atoms with Crippen LogP contribution >= 0.6 is 0 Å². The Balaban J connectivity index is 2.37. The summed E-state index contributed by atoms with van der Waals surface area (Å²) in [6.45, 7) is 9.21. The Morgan fingerprint density at radius 2 is 2.24 bits per heavy atom. The van der Waals surface area contributed by atoms with Crippen LogP contribution in [0, 0.1) is 17.3 Å². The number of carbonyl (C=O) groups is 1. The minimum Gasteiger partial charge on any atom is -0.450 e. The van der Waals surface area contributed by atoms with Gasteiger partial charge in [0.2, 0.25) is 0 Å². The summed E-state index contributed by atoms with van der Waals surface area (Å²) in [6.07, 6.45) is 0.491. The van der Waals surface area contributed by atoms with Crippen LogP contribution in [0.4, 0.5) is 4.79 Å². The Labute approximate surface area is 103 Å². The largest absolute Gasteiger partial charge is 0.450 e. The molecular weight excluding hydrogens is 216 g/mol. The van der Waals surface area contributed by atoms with Crippen LogP contribution in [-0.4, -0.2) is 31.3 Å². The van der Waals surface area contributed by atoms with Gasteiger partial charge in [-0.1, -0.05) is 11.8 Å². The van der Waals surface area contributed by atoms with Crippen LogP contribution < -0.4 is 10.6 Å². The molecule has 1 amide bonds. The molecule has 17 heavy (non-hydrogen) atoms. The smallest absolute Gasteiger partial charge is 0.407 e. The highest BCUT2D eigenvalue weighted by molar-refractivity contribution is 5.67. The summed E-state index contributed by atoms with van der Waals surface area (Å²) in [4.78, 5) is 11.2. The molecule has 0 radical (unpaired) electrons. The third-order valence-electron chi connectivity index (χ3n) is 2.35. The molecule has 2 N–H and O–H groups in total. The van der Waals surface area contributed by atoms with Gasteiger partial charge in [0.1, 0.15) is 0 Å². The molecule has 1 saturated heterocycles. The number of hydrogen-bond acceptors (Lipinski definition) is 3. The number of rotatable bonds is 2. The summed E-state index contributed by atoms with van der Waals surface area (Å²) in [5, 5.41) is 6.10. The second-order valence-corrected chi connectivity index (χ2v) is 5.28. The Bertz CT molecular complexity index is 323. The highest BCUT2D eigenvalue weighted by atomic mass is 16.5. The summed E-state index contributed by atoms with van der Waals surface area (Å²) < 4.78 is 4.84. The van der Waals surface area contributed by atoms with E-state index in [-0.39, 0.29) is 23.6 Å². The van der Waals surface area contributed by atoms with E-state index in [4.69, 9.17) is 4.74 Å². The minimum absolute atomic E-state index is 0.0222. The van der Waals surface area contributed by atoms with Gasteiger partial charge in [-0.05, 0) is 34.1 Å². The van der Waals surface area contributed by atoms with E-state index in [2.05, 4.69) is 43.2 Å². The Kier molecular flexibility index (Phi) is 4.83. The van der Waals surface area contributed by atoms with Crippen molar-refractivity contribution in [3.8, 4) is 11.8 Å². The summed E-state index contributed by atoms with van der Waals surface area (Å²) in [5.74, 6) is 6.41. The van der Waals surface area contributed by atoms with Crippen molar-refractivity contribution in [3.63, 3.8) is 0 Å². The fourth-order valence-electron chi connectivity index (χ4n) is 1.60. The molecule has 0 saturated carbocycles. The average Bonchev–Trinajstić information content (AvgIpc) is 2.62. The topological polar surface area (TPSA) is 50.4 Å². The molecule has 96 valence electrons. The van der Waals surface area contributed by atoms with Crippen LogP contribution in [0.25, 0.3) is 0 Å². The van der Waals surface area contributed by atoms with Gasteiger partial charge >= 0.3 is 6.09 Å². The molecule has 0 aromatic carbocycles. The molecule has 0 bridgehead atoms. The van der Waals surface area contributed by atoms with Crippen molar-refractivity contribution in [2.24, 2.45) is 5.41 Å². The van der Waals surface area contributed by atoms with Crippen LogP contribution in [0.1, 0.15) is 34.1 Å². The van der Waals surface area contributed by atoms with E-state index in [1.165, 1.54) is 0 Å². The maximum Gasteiger partial charge on any atom is 0.407 e. The van der Waals surface area contributed by atoms with Crippen molar-refractivity contribution >= 4 is 6.09 Å². The van der Waals surface area contributed by atoms with Gasteiger partial charge in [-0.2, -0.15) is 0 Å². The van der Waals surface area contributed by atoms with E-state index in [0.29, 0.717) is 6.61 Å². The fraction of sp³-hybridized carbons (Fsp3) is 0.769. The molecule has 1 unspecified atom stereocenters. The highest BCUT2D eigenvalue weighted by Crippen LogP contribution is 2.12. The number of ether oxygens (including phenoxy) is 1. The van der Waals surface area contributed by atoms with Gasteiger partial charge in [0, 0.05) is 18.0 Å². The second-order valence-electron chi connectivity index (χ2n) is 5.28. The first kappa shape index (κ1) is 13.9. The highest BCUT2D eigenvalue weighted by Gasteiger charge is 2.24. The lowest BCUT2D eigenvalue weighted by Crippen LogP contribution is -2.36. The van der Waals surface area contributed by atoms with Crippen molar-refractivity contribution in [2.45, 2.75) is 46.2 Å². The molecular formula is C13H22N2O2. The zero-order valence-electron chi connectivity index (χ0n) is 11.1. The standard InChI is InChI=1S/C13H22N2O2/c1-5-17-12(16)15-11-8-10(14-9-11)6-7-13(2,3)4/h10-11,14H,5,8-9H2,1-4H3,(H,15,16)/t10?,11-/m0/s1. The molecule has 1 fully saturated rings. The zero-order valence-corrected chi connectivity index (χ0v) is 11.1. The number of hydrogen-bond donors (Lipinski definition) is 2. The van der Waals surface area contributed by atoms with Crippen molar-refractivity contribution in [3.05, 3.63) is 0 Å². The Morgan fingerprint density at radius 3 is 2.82 bits per heavy atom. The van der Waals surface area contributed by atoms with Crippen LogP contribution in [0.3, 0.4) is 0 Å². The van der Waals surface area contributed by atoms with Crippen molar-refractivity contribution < 1.29 is 9.53 Å². The van der Waals surface area contributed by atoms with Crippen molar-refractivity contribution in [1.82, 2.24) is 10.6 Å². The van der Waals surface area contributed by atoms with Gasteiger partial charge in [-0.15, -0.1) is 0 Å². The maximum atomic E-state index is 11.2. The molecule has 1 rings (SSSR count). The van der Waals surface area contributed by atoms with Gasteiger partial charge in [0.15, 0.2) is 0 Å². The van der Waals surface area contributed by atoms with Gasteiger partial charge < -0.3 is 15.4 Å². The normalized spacial score (nSPS) is 23.8. The minimum atomic E-state index is -0.344. The molecule has 4 nitrogen and oxygen atoms in total. The quantitative estimate of drug-likeness (QED) is 0.717. The molecule has 0 aromatic rings. The second kappa shape index (κ2) is 5.92. The van der Waals surface area contributed by atoms with Crippen LogP contribution in [0.2, 0.25) is 0 Å². The molecule has 0 aliphatic carbocycles. The van der Waals surface area contributed by atoms with Crippen LogP contribution in [-0.2, 0) is 4.74 Å². The Morgan fingerprint density at radius 1 is 1.53 bits per heavy atom. The summed E-state index contributed by atoms with van der Waals surface area (Å²) in [6, 6.07) is 0.287. The molecule has 1 heterocycles. The van der Waals surface area contributed by atoms with E-state index in [9.17, 15) is 4.79 Å². The SMILES string of the molecule is CCOC(=O)N[C@@H]1CNC(C#CC(C)(C)C)C1. The zero-order chi connectivity index (χ0) is 12.9. The third kappa shape index (κ3) is 5.60. The van der Waals surface area contributed by atoms with E-state index in [0.717, 1.165) is 13.0 Å². The van der Waals surface area contributed by atoms with Crippen LogP contribution in [0.15, 0.2) is 0 Å². The third-order valence-corrected chi connectivity index (χ3v) is 2.35. The van der Waals surface area contributed by atoms with Gasteiger partial charge in [0.05, 0.1) is 12.6 Å². The van der Waals surface area contributed by atoms with Crippen molar-refractivity contribution in [2.75, 3.05) is 13.2 Å². The molecule has 0 aromatic heterocycles. The number of nitrogens with one attached hydrogen (secondary N) is 2. The van der Waals surface area contributed by atoms with Crippen LogP contribution in [0.5, 0.6) is 0 Å². The first-order valence-corrected chi connectivity index (χ1v) is 6.10. The monoisotopic (exact) mass is 238 g/mol. The molecule has 0 spiro atoms. The Hall–Kier alpha value is -1.21. The van der Waals surface area contributed by atoms with E-state index >= 15 is 0 Å². The molecule has 1 aliphatic rings. The van der Waals surface area contributed by atoms with Gasteiger partial charge in [0.25, 0.3) is 0 Å². The molecule has 2 atom stereocenters. The van der Waals surface area contributed by atoms with E-state index in [1.54, 1.807) is 6.92 Å². The molecule has 4 heteroatoms. The van der Waals surface area contributed by atoms with Gasteiger partial charge in [-0.25, -0.2) is 4.79 Å². The summed E-state index contributed by atoms with van der Waals surface area (Å²) in [5.41, 5.74) is 0.0222. The summed E-state index contributed by atoms with van der Waals surface area (Å²) >= 11 is 0. The average molecular weight is 238 g/mol. The van der Waals surface area contributed by atoms with Crippen molar-refractivity contribution in [1.29, 1.82) is 0 Å². The first-order valence-electron chi connectivity index (χ1n) is 6.10. The molecule has 1 aliphatic heterocycles. The van der Waals surface area contributed by atoms with E-state index < -0.39 is 0 Å². The maximum absolute atomic E-state index is 11.2. The first-order chi connectivity index (χ1) is 7.90.